The minimum atomic E-state index is 0.0574. The van der Waals surface area contributed by atoms with E-state index in [0.717, 1.165) is 28.9 Å². The Bertz CT molecular complexity index is 368. The molecule has 5 nitrogen and oxygen atoms in total. The Morgan fingerprint density at radius 1 is 1.44 bits per heavy atom. The van der Waals surface area contributed by atoms with Crippen LogP contribution in [0.5, 0.6) is 0 Å². The second kappa shape index (κ2) is 8.31. The lowest BCUT2D eigenvalue weighted by molar-refractivity contribution is -0.118. The van der Waals surface area contributed by atoms with Crippen LogP contribution in [0.4, 0.5) is 5.13 Å². The van der Waals surface area contributed by atoms with Gasteiger partial charge < -0.3 is 10.6 Å². The van der Waals surface area contributed by atoms with E-state index in [1.54, 1.807) is 0 Å². The highest BCUT2D eigenvalue weighted by Gasteiger charge is 2.08. The number of nitrogens with one attached hydrogen (secondary N) is 2. The Kier molecular flexibility index (Phi) is 7.04. The quantitative estimate of drug-likeness (QED) is 0.568. The lowest BCUT2D eigenvalue weighted by Crippen LogP contribution is -2.25. The van der Waals surface area contributed by atoms with Gasteiger partial charge in [-0.3, -0.25) is 4.79 Å². The van der Waals surface area contributed by atoms with E-state index in [1.165, 1.54) is 23.1 Å². The van der Waals surface area contributed by atoms with Crippen LogP contribution in [0, 0.1) is 0 Å². The van der Waals surface area contributed by atoms with Crippen LogP contribution in [0.3, 0.4) is 0 Å². The minimum absolute atomic E-state index is 0.0574. The Hall–Kier alpha value is -0.820. The zero-order valence-corrected chi connectivity index (χ0v) is 12.7. The number of anilines is 1. The van der Waals surface area contributed by atoms with E-state index in [0.29, 0.717) is 11.8 Å². The molecule has 0 aliphatic heterocycles. The maximum absolute atomic E-state index is 11.5. The van der Waals surface area contributed by atoms with Crippen molar-refractivity contribution in [3.63, 3.8) is 0 Å². The summed E-state index contributed by atoms with van der Waals surface area (Å²) in [5.74, 6) is 0.460. The fraction of sp³-hybridized carbons (Fsp3) is 0.727. The predicted octanol–water partition coefficient (Wildman–Crippen LogP) is 2.37. The van der Waals surface area contributed by atoms with Crippen LogP contribution in [-0.4, -0.2) is 34.4 Å². The van der Waals surface area contributed by atoms with E-state index in [4.69, 9.17) is 0 Å². The molecule has 0 spiro atoms. The van der Waals surface area contributed by atoms with Crippen LogP contribution < -0.4 is 10.6 Å². The van der Waals surface area contributed by atoms with Crippen molar-refractivity contribution in [2.24, 2.45) is 0 Å². The van der Waals surface area contributed by atoms with Gasteiger partial charge in [0.05, 0.1) is 5.75 Å². The van der Waals surface area contributed by atoms with Gasteiger partial charge in [-0.15, -0.1) is 10.2 Å². The molecular weight excluding hydrogens is 268 g/mol. The number of hydrogen-bond acceptors (Lipinski definition) is 6. The van der Waals surface area contributed by atoms with Crippen molar-refractivity contribution < 1.29 is 4.79 Å². The fourth-order valence-corrected chi connectivity index (χ4v) is 2.88. The largest absolute Gasteiger partial charge is 0.358 e. The third kappa shape index (κ3) is 6.20. The van der Waals surface area contributed by atoms with Crippen LogP contribution in [-0.2, 0) is 4.79 Å². The molecule has 0 aromatic carbocycles. The molecule has 1 amide bonds. The molecule has 0 atom stereocenters. The maximum atomic E-state index is 11.5. The number of nitrogens with zero attached hydrogens (tertiary/aromatic N) is 2. The van der Waals surface area contributed by atoms with E-state index in [1.807, 2.05) is 0 Å². The highest BCUT2D eigenvalue weighted by Crippen LogP contribution is 2.25. The highest BCUT2D eigenvalue weighted by atomic mass is 32.2. The van der Waals surface area contributed by atoms with E-state index in [2.05, 4.69) is 41.6 Å². The van der Waals surface area contributed by atoms with Crippen LogP contribution in [0.25, 0.3) is 0 Å². The van der Waals surface area contributed by atoms with Crippen molar-refractivity contribution in [2.75, 3.05) is 17.6 Å². The van der Waals surface area contributed by atoms with E-state index < -0.39 is 0 Å². The molecule has 102 valence electrons. The van der Waals surface area contributed by atoms with Gasteiger partial charge >= 0.3 is 0 Å². The molecule has 0 aliphatic rings. The molecule has 0 saturated heterocycles. The zero-order valence-electron chi connectivity index (χ0n) is 11.0. The average molecular weight is 288 g/mol. The van der Waals surface area contributed by atoms with Gasteiger partial charge in [0, 0.05) is 12.6 Å². The Labute approximate surface area is 116 Å². The Morgan fingerprint density at radius 2 is 2.22 bits per heavy atom. The number of thioether (sulfide) groups is 1. The summed E-state index contributed by atoms with van der Waals surface area (Å²) in [4.78, 5) is 11.5. The van der Waals surface area contributed by atoms with Gasteiger partial charge in [-0.2, -0.15) is 0 Å². The summed E-state index contributed by atoms with van der Waals surface area (Å²) < 4.78 is 0.823. The van der Waals surface area contributed by atoms with Gasteiger partial charge in [0.2, 0.25) is 11.0 Å². The van der Waals surface area contributed by atoms with Crippen molar-refractivity contribution in [2.45, 2.75) is 44.0 Å². The summed E-state index contributed by atoms with van der Waals surface area (Å²) in [5.41, 5.74) is 0. The molecule has 2 N–H and O–H groups in total. The zero-order chi connectivity index (χ0) is 13.4. The lowest BCUT2D eigenvalue weighted by Gasteiger charge is -2.03. The van der Waals surface area contributed by atoms with Crippen LogP contribution in [0.1, 0.15) is 33.6 Å². The molecule has 1 aromatic rings. The van der Waals surface area contributed by atoms with Crippen LogP contribution in [0.2, 0.25) is 0 Å². The summed E-state index contributed by atoms with van der Waals surface area (Å²) >= 11 is 2.91. The van der Waals surface area contributed by atoms with Gasteiger partial charge in [-0.05, 0) is 20.3 Å². The van der Waals surface area contributed by atoms with Gasteiger partial charge in [0.1, 0.15) is 0 Å². The monoisotopic (exact) mass is 288 g/mol. The van der Waals surface area contributed by atoms with Crippen molar-refractivity contribution >= 4 is 34.1 Å². The molecule has 18 heavy (non-hydrogen) atoms. The SMILES string of the molecule is CCCCNC(=O)CSc1nnc(NC(C)C)s1. The third-order valence-corrected chi connectivity index (χ3v) is 3.99. The topological polar surface area (TPSA) is 66.9 Å². The molecule has 0 saturated carbocycles. The van der Waals surface area contributed by atoms with Crippen molar-refractivity contribution in [3.8, 4) is 0 Å². The van der Waals surface area contributed by atoms with Crippen molar-refractivity contribution in [1.82, 2.24) is 15.5 Å². The maximum Gasteiger partial charge on any atom is 0.230 e. The fourth-order valence-electron chi connectivity index (χ4n) is 1.16. The van der Waals surface area contributed by atoms with Crippen LogP contribution in [0.15, 0.2) is 4.34 Å². The number of hydrogen-bond donors (Lipinski definition) is 2. The molecule has 0 unspecified atom stereocenters. The number of rotatable bonds is 8. The van der Waals surface area contributed by atoms with Gasteiger partial charge in [0.15, 0.2) is 4.34 Å². The second-order valence-electron chi connectivity index (χ2n) is 4.16. The molecule has 0 aliphatic carbocycles. The molecule has 0 bridgehead atoms. The molecule has 0 radical (unpaired) electrons. The van der Waals surface area contributed by atoms with E-state index in [9.17, 15) is 4.79 Å². The summed E-state index contributed by atoms with van der Waals surface area (Å²) in [7, 11) is 0. The molecule has 1 heterocycles. The Morgan fingerprint density at radius 3 is 2.89 bits per heavy atom. The number of carbonyl (C=O) groups is 1. The first-order chi connectivity index (χ1) is 8.61. The highest BCUT2D eigenvalue weighted by molar-refractivity contribution is 8.01. The number of carbonyl (C=O) groups excluding carboxylic acids is 1. The molecular formula is C11H20N4OS2. The average Bonchev–Trinajstić information content (AvgIpc) is 2.73. The third-order valence-electron chi connectivity index (χ3n) is 2.00. The van der Waals surface area contributed by atoms with E-state index >= 15 is 0 Å². The minimum Gasteiger partial charge on any atom is -0.358 e. The van der Waals surface area contributed by atoms with Gasteiger partial charge in [0.25, 0.3) is 0 Å². The van der Waals surface area contributed by atoms with Gasteiger partial charge in [-0.25, -0.2) is 0 Å². The second-order valence-corrected chi connectivity index (χ2v) is 6.36. The summed E-state index contributed by atoms with van der Waals surface area (Å²) in [6.45, 7) is 6.96. The first kappa shape index (κ1) is 15.2. The number of aromatic nitrogens is 2. The van der Waals surface area contributed by atoms with E-state index in [-0.39, 0.29) is 5.91 Å². The molecule has 1 rings (SSSR count). The normalized spacial score (nSPS) is 10.7. The van der Waals surface area contributed by atoms with Crippen molar-refractivity contribution in [1.29, 1.82) is 0 Å². The molecule has 7 heteroatoms. The molecule has 1 aromatic heterocycles. The standard InChI is InChI=1S/C11H20N4OS2/c1-4-5-6-12-9(16)7-17-11-15-14-10(18-11)13-8(2)3/h8H,4-7H2,1-3H3,(H,12,16)(H,13,14). The smallest absolute Gasteiger partial charge is 0.230 e. The lowest BCUT2D eigenvalue weighted by atomic mass is 10.3. The first-order valence-corrected chi connectivity index (χ1v) is 7.91. The van der Waals surface area contributed by atoms with Crippen LogP contribution >= 0.6 is 23.1 Å². The first-order valence-electron chi connectivity index (χ1n) is 6.11. The van der Waals surface area contributed by atoms with Gasteiger partial charge in [-0.1, -0.05) is 36.4 Å². The predicted molar refractivity (Wildman–Crippen MR) is 77.3 cm³/mol. The number of amides is 1. The summed E-state index contributed by atoms with van der Waals surface area (Å²) in [5, 5.41) is 14.9. The Balaban J connectivity index is 2.26. The number of unbranched alkanes of at least 4 members (excludes halogenated alkanes) is 1. The summed E-state index contributed by atoms with van der Waals surface area (Å²) in [6.07, 6.45) is 2.12. The van der Waals surface area contributed by atoms with Crippen molar-refractivity contribution in [3.05, 3.63) is 0 Å². The molecule has 0 fully saturated rings. The summed E-state index contributed by atoms with van der Waals surface area (Å²) in [6, 6.07) is 0.341.